The van der Waals surface area contributed by atoms with Crippen LogP contribution in [0.3, 0.4) is 0 Å². The normalized spacial score (nSPS) is 10.3. The standard InChI is InChI=1S/C11H15N5O/c1-7-4-10(17-3)15-11(14-7)12-5-9-6-13-16-8(9)2/h4,6H,5H2,1-3H3,(H,13,16)(H,12,14,15). The van der Waals surface area contributed by atoms with Gasteiger partial charge in [0.15, 0.2) is 0 Å². The van der Waals surface area contributed by atoms with Crippen LogP contribution in [-0.2, 0) is 6.54 Å². The van der Waals surface area contributed by atoms with Crippen molar-refractivity contribution in [1.29, 1.82) is 0 Å². The lowest BCUT2D eigenvalue weighted by Gasteiger charge is -2.06. The minimum Gasteiger partial charge on any atom is -0.481 e. The number of rotatable bonds is 4. The number of hydrogen-bond donors (Lipinski definition) is 2. The third-order valence-electron chi connectivity index (χ3n) is 2.41. The molecule has 0 radical (unpaired) electrons. The molecular formula is C11H15N5O. The van der Waals surface area contributed by atoms with E-state index in [0.29, 0.717) is 18.4 Å². The molecule has 90 valence electrons. The highest BCUT2D eigenvalue weighted by atomic mass is 16.5. The van der Waals surface area contributed by atoms with E-state index < -0.39 is 0 Å². The molecule has 0 spiro atoms. The van der Waals surface area contributed by atoms with Gasteiger partial charge in [-0.1, -0.05) is 0 Å². The molecule has 0 aliphatic carbocycles. The Balaban J connectivity index is 2.09. The fourth-order valence-corrected chi connectivity index (χ4v) is 1.45. The van der Waals surface area contributed by atoms with Gasteiger partial charge in [-0.25, -0.2) is 4.98 Å². The van der Waals surface area contributed by atoms with Crippen molar-refractivity contribution in [1.82, 2.24) is 20.2 Å². The predicted molar refractivity (Wildman–Crippen MR) is 64.0 cm³/mol. The van der Waals surface area contributed by atoms with Crippen LogP contribution in [-0.4, -0.2) is 27.3 Å². The Morgan fingerprint density at radius 3 is 2.82 bits per heavy atom. The number of nitrogens with one attached hydrogen (secondary N) is 2. The van der Waals surface area contributed by atoms with E-state index in [0.717, 1.165) is 17.0 Å². The Morgan fingerprint density at radius 2 is 2.18 bits per heavy atom. The summed E-state index contributed by atoms with van der Waals surface area (Å²) < 4.78 is 5.09. The van der Waals surface area contributed by atoms with Gasteiger partial charge in [-0.05, 0) is 13.8 Å². The van der Waals surface area contributed by atoms with E-state index in [9.17, 15) is 0 Å². The molecule has 2 N–H and O–H groups in total. The molecule has 6 heteroatoms. The highest BCUT2D eigenvalue weighted by molar-refractivity contribution is 5.32. The summed E-state index contributed by atoms with van der Waals surface area (Å²) in [5.41, 5.74) is 2.99. The number of aromatic nitrogens is 4. The van der Waals surface area contributed by atoms with Crippen molar-refractivity contribution in [2.24, 2.45) is 0 Å². The highest BCUT2D eigenvalue weighted by Crippen LogP contribution is 2.12. The van der Waals surface area contributed by atoms with Crippen LogP contribution in [0.5, 0.6) is 5.88 Å². The Hall–Kier alpha value is -2.11. The SMILES string of the molecule is COc1cc(C)nc(NCc2cn[nH]c2C)n1. The second kappa shape index (κ2) is 4.82. The second-order valence-corrected chi connectivity index (χ2v) is 3.75. The van der Waals surface area contributed by atoms with Crippen LogP contribution in [0.4, 0.5) is 5.95 Å². The molecule has 6 nitrogen and oxygen atoms in total. The van der Waals surface area contributed by atoms with Crippen molar-refractivity contribution in [3.05, 3.63) is 29.2 Å². The number of hydrogen-bond acceptors (Lipinski definition) is 5. The first-order valence-corrected chi connectivity index (χ1v) is 5.31. The molecular weight excluding hydrogens is 218 g/mol. The van der Waals surface area contributed by atoms with Gasteiger partial charge in [-0.2, -0.15) is 10.1 Å². The summed E-state index contributed by atoms with van der Waals surface area (Å²) in [6.45, 7) is 4.51. The van der Waals surface area contributed by atoms with Gasteiger partial charge in [0.25, 0.3) is 0 Å². The molecule has 17 heavy (non-hydrogen) atoms. The number of aryl methyl sites for hydroxylation is 2. The average molecular weight is 233 g/mol. The lowest BCUT2D eigenvalue weighted by molar-refractivity contribution is 0.397. The summed E-state index contributed by atoms with van der Waals surface area (Å²) in [5.74, 6) is 1.12. The van der Waals surface area contributed by atoms with Gasteiger partial charge in [0.2, 0.25) is 11.8 Å². The van der Waals surface area contributed by atoms with Crippen LogP contribution in [0.25, 0.3) is 0 Å². The smallest absolute Gasteiger partial charge is 0.226 e. The van der Waals surface area contributed by atoms with E-state index in [1.54, 1.807) is 19.4 Å². The average Bonchev–Trinajstić information content (AvgIpc) is 2.71. The van der Waals surface area contributed by atoms with Crippen LogP contribution >= 0.6 is 0 Å². The molecule has 0 aromatic carbocycles. The lowest BCUT2D eigenvalue weighted by atomic mass is 10.3. The van der Waals surface area contributed by atoms with E-state index in [-0.39, 0.29) is 0 Å². The van der Waals surface area contributed by atoms with Crippen LogP contribution < -0.4 is 10.1 Å². The molecule has 0 amide bonds. The first-order valence-electron chi connectivity index (χ1n) is 5.31. The third-order valence-corrected chi connectivity index (χ3v) is 2.41. The number of methoxy groups -OCH3 is 1. The van der Waals surface area contributed by atoms with Crippen molar-refractivity contribution >= 4 is 5.95 Å². The van der Waals surface area contributed by atoms with E-state index in [1.165, 1.54) is 0 Å². The maximum absolute atomic E-state index is 5.09. The van der Waals surface area contributed by atoms with E-state index in [4.69, 9.17) is 4.74 Å². The molecule has 2 aromatic rings. The molecule has 0 fully saturated rings. The van der Waals surface area contributed by atoms with Crippen molar-refractivity contribution in [3.63, 3.8) is 0 Å². The highest BCUT2D eigenvalue weighted by Gasteiger charge is 2.04. The monoisotopic (exact) mass is 233 g/mol. The molecule has 2 heterocycles. The van der Waals surface area contributed by atoms with Crippen LogP contribution in [0.15, 0.2) is 12.3 Å². The maximum Gasteiger partial charge on any atom is 0.226 e. The zero-order chi connectivity index (χ0) is 12.3. The van der Waals surface area contributed by atoms with E-state index >= 15 is 0 Å². The maximum atomic E-state index is 5.09. The Kier molecular flexibility index (Phi) is 3.22. The number of H-pyrrole nitrogens is 1. The first kappa shape index (κ1) is 11.4. The number of nitrogens with zero attached hydrogens (tertiary/aromatic N) is 3. The van der Waals surface area contributed by atoms with Gasteiger partial charge < -0.3 is 10.1 Å². The quantitative estimate of drug-likeness (QED) is 0.835. The minimum absolute atomic E-state index is 0.558. The summed E-state index contributed by atoms with van der Waals surface area (Å²) >= 11 is 0. The van der Waals surface area contributed by atoms with Gasteiger partial charge in [-0.3, -0.25) is 5.10 Å². The Morgan fingerprint density at radius 1 is 1.35 bits per heavy atom. The minimum atomic E-state index is 0.558. The Bertz CT molecular complexity index is 508. The van der Waals surface area contributed by atoms with Gasteiger partial charge in [-0.15, -0.1) is 0 Å². The summed E-state index contributed by atoms with van der Waals surface area (Å²) in [4.78, 5) is 8.48. The van der Waals surface area contributed by atoms with Gasteiger partial charge in [0, 0.05) is 29.6 Å². The van der Waals surface area contributed by atoms with E-state index in [1.807, 2.05) is 13.8 Å². The zero-order valence-electron chi connectivity index (χ0n) is 10.1. The largest absolute Gasteiger partial charge is 0.481 e. The lowest BCUT2D eigenvalue weighted by Crippen LogP contribution is -2.05. The molecule has 0 unspecified atom stereocenters. The molecule has 2 aromatic heterocycles. The number of anilines is 1. The summed E-state index contributed by atoms with van der Waals surface area (Å²) in [6, 6.07) is 1.79. The fraction of sp³-hybridized carbons (Fsp3) is 0.364. The molecule has 0 bridgehead atoms. The van der Waals surface area contributed by atoms with Gasteiger partial charge in [0.05, 0.1) is 13.3 Å². The van der Waals surface area contributed by atoms with Crippen molar-refractivity contribution in [2.75, 3.05) is 12.4 Å². The molecule has 0 saturated carbocycles. The fourth-order valence-electron chi connectivity index (χ4n) is 1.45. The first-order chi connectivity index (χ1) is 8.19. The summed E-state index contributed by atoms with van der Waals surface area (Å²) in [5, 5.41) is 9.98. The predicted octanol–water partition coefficient (Wildman–Crippen LogP) is 1.44. The van der Waals surface area contributed by atoms with Crippen molar-refractivity contribution < 1.29 is 4.74 Å². The molecule has 2 rings (SSSR count). The second-order valence-electron chi connectivity index (χ2n) is 3.75. The van der Waals surface area contributed by atoms with Gasteiger partial charge >= 0.3 is 0 Å². The molecule has 0 atom stereocenters. The van der Waals surface area contributed by atoms with Crippen LogP contribution in [0, 0.1) is 13.8 Å². The van der Waals surface area contributed by atoms with E-state index in [2.05, 4.69) is 25.5 Å². The van der Waals surface area contributed by atoms with Crippen molar-refractivity contribution in [3.8, 4) is 5.88 Å². The topological polar surface area (TPSA) is 75.7 Å². The molecule has 0 saturated heterocycles. The number of ether oxygens (including phenoxy) is 1. The molecule has 0 aliphatic heterocycles. The van der Waals surface area contributed by atoms with Gasteiger partial charge in [0.1, 0.15) is 0 Å². The third kappa shape index (κ3) is 2.72. The van der Waals surface area contributed by atoms with Crippen LogP contribution in [0.2, 0.25) is 0 Å². The molecule has 0 aliphatic rings. The Labute approximate surface area is 99.4 Å². The van der Waals surface area contributed by atoms with Crippen LogP contribution in [0.1, 0.15) is 17.0 Å². The summed E-state index contributed by atoms with van der Waals surface area (Å²) in [6.07, 6.45) is 1.79. The summed E-state index contributed by atoms with van der Waals surface area (Å²) in [7, 11) is 1.59. The van der Waals surface area contributed by atoms with Crippen molar-refractivity contribution in [2.45, 2.75) is 20.4 Å². The number of aromatic amines is 1. The zero-order valence-corrected chi connectivity index (χ0v) is 10.1.